The normalized spacial score (nSPS) is 17.4. The minimum atomic E-state index is -0.700. The molecule has 0 bridgehead atoms. The van der Waals surface area contributed by atoms with Crippen LogP contribution in [0.3, 0.4) is 0 Å². The number of ketones is 1. The van der Waals surface area contributed by atoms with E-state index in [9.17, 15) is 19.1 Å². The van der Waals surface area contributed by atoms with E-state index in [2.05, 4.69) is 32.6 Å². The summed E-state index contributed by atoms with van der Waals surface area (Å²) in [4.78, 5) is 30.5. The van der Waals surface area contributed by atoms with Crippen LogP contribution in [0.1, 0.15) is 88.4 Å². The number of aliphatic hydroxyl groups is 1. The minimum Gasteiger partial charge on any atom is -0.507 e. The average molecular weight is 509 g/mol. The zero-order valence-corrected chi connectivity index (χ0v) is 22.7. The molecule has 1 aliphatic rings. The number of amides is 1. The maximum absolute atomic E-state index is 13.5. The third kappa shape index (κ3) is 7.07. The summed E-state index contributed by atoms with van der Waals surface area (Å²) >= 11 is 0. The van der Waals surface area contributed by atoms with Crippen molar-refractivity contribution >= 4 is 17.4 Å². The van der Waals surface area contributed by atoms with E-state index in [-0.39, 0.29) is 11.3 Å². The molecule has 1 fully saturated rings. The Bertz CT molecular complexity index is 1070. The van der Waals surface area contributed by atoms with E-state index < -0.39 is 23.5 Å². The van der Waals surface area contributed by atoms with Gasteiger partial charge >= 0.3 is 0 Å². The first-order chi connectivity index (χ1) is 17.8. The van der Waals surface area contributed by atoms with E-state index in [4.69, 9.17) is 0 Å². The van der Waals surface area contributed by atoms with Gasteiger partial charge in [-0.15, -0.1) is 0 Å². The van der Waals surface area contributed by atoms with Crippen molar-refractivity contribution in [2.24, 2.45) is 0 Å². The number of aliphatic hydroxyl groups excluding tert-OH is 1. The van der Waals surface area contributed by atoms with Crippen LogP contribution in [-0.2, 0) is 9.59 Å². The maximum atomic E-state index is 13.5. The topological polar surface area (TPSA) is 60.9 Å². The Morgan fingerprint density at radius 1 is 0.919 bits per heavy atom. The predicted octanol–water partition coefficient (Wildman–Crippen LogP) is 6.66. The van der Waals surface area contributed by atoms with Crippen LogP contribution in [0.5, 0.6) is 0 Å². The zero-order valence-electron chi connectivity index (χ0n) is 22.7. The first kappa shape index (κ1) is 28.6. The van der Waals surface area contributed by atoms with Gasteiger partial charge in [-0.25, -0.2) is 4.39 Å². The summed E-state index contributed by atoms with van der Waals surface area (Å²) < 4.78 is 13.5. The van der Waals surface area contributed by atoms with Gasteiger partial charge in [0, 0.05) is 12.1 Å². The van der Waals surface area contributed by atoms with E-state index in [0.717, 1.165) is 62.9 Å². The highest BCUT2D eigenvalue weighted by atomic mass is 19.1. The molecule has 1 heterocycles. The number of carbonyl (C=O) groups excluding carboxylic acids is 2. The number of unbranched alkanes of at least 4 members (excludes halogenated alkanes) is 2. The molecular formula is C31H41FN2O3. The standard InChI is InChI=1S/C31H41FN2O3/c1-5-7-18-33(19-8-6-2)20-9-21-34-28(24-12-10-23(11-13-24)22(3)4)27(30(36)31(34)37)29(35)25-14-16-26(32)17-15-25/h10-17,22,28,35H,5-9,18-21H2,1-4H3/t28-/m0/s1. The molecule has 0 radical (unpaired) electrons. The summed E-state index contributed by atoms with van der Waals surface area (Å²) in [6.45, 7) is 11.9. The summed E-state index contributed by atoms with van der Waals surface area (Å²) in [5.74, 6) is -1.67. The fraction of sp³-hybridized carbons (Fsp3) is 0.484. The molecule has 200 valence electrons. The summed E-state index contributed by atoms with van der Waals surface area (Å²) in [5.41, 5.74) is 2.30. The highest BCUT2D eigenvalue weighted by molar-refractivity contribution is 6.46. The molecular weight excluding hydrogens is 467 g/mol. The van der Waals surface area contributed by atoms with Crippen molar-refractivity contribution in [1.82, 2.24) is 9.80 Å². The molecule has 0 unspecified atom stereocenters. The molecule has 2 aromatic carbocycles. The lowest BCUT2D eigenvalue weighted by molar-refractivity contribution is -0.140. The van der Waals surface area contributed by atoms with Gasteiger partial charge in [-0.05, 0) is 80.2 Å². The van der Waals surface area contributed by atoms with E-state index in [1.807, 2.05) is 24.3 Å². The van der Waals surface area contributed by atoms with Crippen LogP contribution in [0, 0.1) is 5.82 Å². The number of hydrogen-bond acceptors (Lipinski definition) is 4. The molecule has 3 rings (SSSR count). The van der Waals surface area contributed by atoms with Crippen LogP contribution in [0.4, 0.5) is 4.39 Å². The highest BCUT2D eigenvalue weighted by Gasteiger charge is 2.45. The second-order valence-electron chi connectivity index (χ2n) is 10.2. The molecule has 1 amide bonds. The fourth-order valence-corrected chi connectivity index (χ4v) is 4.85. The molecule has 37 heavy (non-hydrogen) atoms. The quantitative estimate of drug-likeness (QED) is 0.187. The molecule has 1 atom stereocenters. The maximum Gasteiger partial charge on any atom is 0.295 e. The van der Waals surface area contributed by atoms with Crippen molar-refractivity contribution in [3.8, 4) is 0 Å². The minimum absolute atomic E-state index is 0.0581. The Kier molecular flexibility index (Phi) is 10.4. The van der Waals surface area contributed by atoms with E-state index in [0.29, 0.717) is 18.0 Å². The number of hydrogen-bond donors (Lipinski definition) is 1. The van der Waals surface area contributed by atoms with Gasteiger partial charge in [0.05, 0.1) is 11.6 Å². The second kappa shape index (κ2) is 13.5. The Balaban J connectivity index is 1.93. The predicted molar refractivity (Wildman–Crippen MR) is 147 cm³/mol. The number of Topliss-reactive ketones (excluding diaryl/α,β-unsaturated/α-hetero) is 1. The summed E-state index contributed by atoms with van der Waals surface area (Å²) in [6.07, 6.45) is 5.26. The van der Waals surface area contributed by atoms with Crippen LogP contribution in [0.15, 0.2) is 54.1 Å². The van der Waals surface area contributed by atoms with Crippen molar-refractivity contribution in [2.45, 2.75) is 71.8 Å². The number of nitrogens with zero attached hydrogens (tertiary/aromatic N) is 2. The molecule has 0 saturated carbocycles. The zero-order chi connectivity index (χ0) is 26.9. The number of likely N-dealkylation sites (tertiary alicyclic amines) is 1. The highest BCUT2D eigenvalue weighted by Crippen LogP contribution is 2.39. The third-order valence-electron chi connectivity index (χ3n) is 7.11. The van der Waals surface area contributed by atoms with Gasteiger partial charge in [-0.2, -0.15) is 0 Å². The van der Waals surface area contributed by atoms with Crippen LogP contribution in [0.2, 0.25) is 0 Å². The molecule has 6 heteroatoms. The largest absolute Gasteiger partial charge is 0.507 e. The number of carbonyl (C=O) groups is 2. The monoisotopic (exact) mass is 508 g/mol. The van der Waals surface area contributed by atoms with Crippen LogP contribution >= 0.6 is 0 Å². The molecule has 0 spiro atoms. The molecule has 0 aromatic heterocycles. The molecule has 5 nitrogen and oxygen atoms in total. The second-order valence-corrected chi connectivity index (χ2v) is 10.2. The van der Waals surface area contributed by atoms with Gasteiger partial charge < -0.3 is 14.9 Å². The summed E-state index contributed by atoms with van der Waals surface area (Å²) in [6, 6.07) is 12.5. The van der Waals surface area contributed by atoms with Gasteiger partial charge in [0.15, 0.2) is 0 Å². The number of benzene rings is 2. The smallest absolute Gasteiger partial charge is 0.295 e. The lowest BCUT2D eigenvalue weighted by atomic mass is 9.93. The number of halogens is 1. The number of rotatable bonds is 13. The summed E-state index contributed by atoms with van der Waals surface area (Å²) in [5, 5.41) is 11.1. The first-order valence-electron chi connectivity index (χ1n) is 13.6. The molecule has 1 saturated heterocycles. The van der Waals surface area contributed by atoms with Crippen molar-refractivity contribution < 1.29 is 19.1 Å². The van der Waals surface area contributed by atoms with Gasteiger partial charge in [0.1, 0.15) is 11.6 Å². The van der Waals surface area contributed by atoms with Crippen LogP contribution in [-0.4, -0.2) is 52.8 Å². The van der Waals surface area contributed by atoms with E-state index in [1.165, 1.54) is 24.3 Å². The Labute approximate surface area is 221 Å². The lowest BCUT2D eigenvalue weighted by Crippen LogP contribution is -2.34. The van der Waals surface area contributed by atoms with Crippen molar-refractivity contribution in [3.05, 3.63) is 76.6 Å². The Hall–Kier alpha value is -2.99. The molecule has 2 aromatic rings. The van der Waals surface area contributed by atoms with Gasteiger partial charge in [0.25, 0.3) is 11.7 Å². The summed E-state index contributed by atoms with van der Waals surface area (Å²) in [7, 11) is 0. The van der Waals surface area contributed by atoms with Crippen molar-refractivity contribution in [2.75, 3.05) is 26.2 Å². The molecule has 1 aliphatic heterocycles. The lowest BCUT2D eigenvalue weighted by Gasteiger charge is -2.27. The van der Waals surface area contributed by atoms with Crippen molar-refractivity contribution in [3.63, 3.8) is 0 Å². The van der Waals surface area contributed by atoms with E-state index >= 15 is 0 Å². The van der Waals surface area contributed by atoms with Gasteiger partial charge in [-0.3, -0.25) is 9.59 Å². The first-order valence-corrected chi connectivity index (χ1v) is 13.6. The van der Waals surface area contributed by atoms with Crippen LogP contribution in [0.25, 0.3) is 5.76 Å². The Morgan fingerprint density at radius 2 is 1.49 bits per heavy atom. The SMILES string of the molecule is CCCCN(CCCC)CCCN1C(=O)C(=O)C(=C(O)c2ccc(F)cc2)[C@@H]1c1ccc(C(C)C)cc1. The van der Waals surface area contributed by atoms with Gasteiger partial charge in [-0.1, -0.05) is 64.8 Å². The molecule has 1 N–H and O–H groups in total. The van der Waals surface area contributed by atoms with Gasteiger partial charge in [0.2, 0.25) is 0 Å². The average Bonchev–Trinajstić information content (AvgIpc) is 3.15. The van der Waals surface area contributed by atoms with E-state index in [1.54, 1.807) is 4.90 Å². The van der Waals surface area contributed by atoms with Crippen LogP contribution < -0.4 is 0 Å². The molecule has 0 aliphatic carbocycles. The Morgan fingerprint density at radius 3 is 2.03 bits per heavy atom. The van der Waals surface area contributed by atoms with Crippen molar-refractivity contribution in [1.29, 1.82) is 0 Å². The third-order valence-corrected chi connectivity index (χ3v) is 7.11. The fourth-order valence-electron chi connectivity index (χ4n) is 4.85.